The number of aryl methyl sites for hydroxylation is 1. The first-order valence-corrected chi connectivity index (χ1v) is 11.7. The van der Waals surface area contributed by atoms with E-state index in [9.17, 15) is 4.79 Å². The molecule has 3 aromatic carbocycles. The third-order valence-electron chi connectivity index (χ3n) is 5.61. The zero-order chi connectivity index (χ0) is 23.9. The number of benzene rings is 3. The molecule has 1 unspecified atom stereocenters. The average molecular weight is 478 g/mol. The minimum absolute atomic E-state index is 0.182. The molecule has 0 spiro atoms. The van der Waals surface area contributed by atoms with Crippen LogP contribution in [0, 0.1) is 0 Å². The number of carbonyl (C=O) groups excluding carboxylic acids is 1. The number of para-hydroxylation sites is 4. The Morgan fingerprint density at radius 1 is 1.03 bits per heavy atom. The van der Waals surface area contributed by atoms with Crippen LogP contribution in [0.25, 0.3) is 11.0 Å². The summed E-state index contributed by atoms with van der Waals surface area (Å²) in [7, 11) is 1.64. The summed E-state index contributed by atoms with van der Waals surface area (Å²) in [5.41, 5.74) is 2.48. The molecule has 1 heterocycles. The summed E-state index contributed by atoms with van der Waals surface area (Å²) in [6.45, 7) is 3.30. The van der Waals surface area contributed by atoms with Crippen molar-refractivity contribution in [2.75, 3.05) is 13.7 Å². The summed E-state index contributed by atoms with van der Waals surface area (Å²) in [4.78, 5) is 17.6. The van der Waals surface area contributed by atoms with Gasteiger partial charge in [-0.3, -0.25) is 4.79 Å². The Labute approximate surface area is 204 Å². The van der Waals surface area contributed by atoms with Crippen LogP contribution in [0.5, 0.6) is 11.5 Å². The van der Waals surface area contributed by atoms with E-state index in [1.54, 1.807) is 31.4 Å². The zero-order valence-corrected chi connectivity index (χ0v) is 20.1. The van der Waals surface area contributed by atoms with E-state index in [0.29, 0.717) is 17.2 Å². The molecule has 0 saturated carbocycles. The Morgan fingerprint density at radius 2 is 1.79 bits per heavy atom. The van der Waals surface area contributed by atoms with Crippen LogP contribution in [0.2, 0.25) is 5.02 Å². The fourth-order valence-corrected chi connectivity index (χ4v) is 4.12. The second-order valence-electron chi connectivity index (χ2n) is 8.02. The van der Waals surface area contributed by atoms with Gasteiger partial charge in [-0.15, -0.1) is 0 Å². The van der Waals surface area contributed by atoms with Crippen molar-refractivity contribution in [1.82, 2.24) is 14.9 Å². The molecule has 0 radical (unpaired) electrons. The lowest BCUT2D eigenvalue weighted by molar-refractivity contribution is 0.0937. The van der Waals surface area contributed by atoms with E-state index >= 15 is 0 Å². The lowest BCUT2D eigenvalue weighted by Crippen LogP contribution is -2.28. The monoisotopic (exact) mass is 477 g/mol. The number of unbranched alkanes of at least 4 members (excludes halogenated alkanes) is 1. The van der Waals surface area contributed by atoms with Gasteiger partial charge in [-0.1, -0.05) is 41.9 Å². The van der Waals surface area contributed by atoms with Gasteiger partial charge in [-0.05, 0) is 62.2 Å². The maximum Gasteiger partial charge on any atom is 0.251 e. The van der Waals surface area contributed by atoms with Crippen molar-refractivity contribution in [3.05, 3.63) is 89.2 Å². The van der Waals surface area contributed by atoms with Gasteiger partial charge in [0.15, 0.2) is 11.5 Å². The van der Waals surface area contributed by atoms with Crippen molar-refractivity contribution in [1.29, 1.82) is 0 Å². The Hall–Kier alpha value is -3.51. The van der Waals surface area contributed by atoms with Gasteiger partial charge in [0.05, 0.1) is 30.8 Å². The van der Waals surface area contributed by atoms with Crippen LogP contribution in [-0.2, 0) is 6.54 Å². The number of ether oxygens (including phenoxy) is 2. The SMILES string of the molecule is COc1ccccc1OCCCCn1c(C(C)NC(=O)c2cccc(Cl)c2)nc2ccccc21. The van der Waals surface area contributed by atoms with Crippen LogP contribution in [0.3, 0.4) is 0 Å². The van der Waals surface area contributed by atoms with Crippen LogP contribution >= 0.6 is 11.6 Å². The number of hydrogen-bond acceptors (Lipinski definition) is 4. The number of imidazole rings is 1. The molecule has 0 aliphatic carbocycles. The number of rotatable bonds is 10. The van der Waals surface area contributed by atoms with E-state index < -0.39 is 0 Å². The van der Waals surface area contributed by atoms with Gasteiger partial charge in [0.2, 0.25) is 0 Å². The first kappa shape index (κ1) is 23.6. The second kappa shape index (κ2) is 11.1. The maximum atomic E-state index is 12.8. The summed E-state index contributed by atoms with van der Waals surface area (Å²) < 4.78 is 13.4. The molecule has 0 aliphatic rings. The van der Waals surface area contributed by atoms with Crippen LogP contribution in [0.15, 0.2) is 72.8 Å². The molecule has 1 amide bonds. The van der Waals surface area contributed by atoms with Gasteiger partial charge in [0.25, 0.3) is 5.91 Å². The zero-order valence-electron chi connectivity index (χ0n) is 19.3. The van der Waals surface area contributed by atoms with Crippen molar-refractivity contribution in [2.24, 2.45) is 0 Å². The van der Waals surface area contributed by atoms with Crippen molar-refractivity contribution in [2.45, 2.75) is 32.4 Å². The topological polar surface area (TPSA) is 65.4 Å². The highest BCUT2D eigenvalue weighted by Crippen LogP contribution is 2.26. The van der Waals surface area contributed by atoms with Crippen molar-refractivity contribution in [3.8, 4) is 11.5 Å². The predicted molar refractivity (Wildman–Crippen MR) is 135 cm³/mol. The Morgan fingerprint density at radius 3 is 2.59 bits per heavy atom. The summed E-state index contributed by atoms with van der Waals surface area (Å²) in [6, 6.07) is 22.3. The first-order valence-electron chi connectivity index (χ1n) is 11.3. The van der Waals surface area contributed by atoms with Gasteiger partial charge in [-0.25, -0.2) is 4.98 Å². The van der Waals surface area contributed by atoms with E-state index in [1.165, 1.54) is 0 Å². The van der Waals surface area contributed by atoms with Gasteiger partial charge in [-0.2, -0.15) is 0 Å². The molecule has 176 valence electrons. The molecular weight excluding hydrogens is 450 g/mol. The van der Waals surface area contributed by atoms with Gasteiger partial charge < -0.3 is 19.4 Å². The van der Waals surface area contributed by atoms with Crippen LogP contribution in [0.1, 0.15) is 42.0 Å². The summed E-state index contributed by atoms with van der Waals surface area (Å²) >= 11 is 6.05. The van der Waals surface area contributed by atoms with Crippen LogP contribution < -0.4 is 14.8 Å². The molecule has 0 aliphatic heterocycles. The lowest BCUT2D eigenvalue weighted by atomic mass is 10.2. The molecule has 1 atom stereocenters. The standard InChI is InChI=1S/C27H28ClN3O3/c1-19(29-27(32)20-10-9-11-21(28)18-20)26-30-22-12-3-4-13-23(22)31(26)16-7-8-17-34-25-15-6-5-14-24(25)33-2/h3-6,9-15,18-19H,7-8,16-17H2,1-2H3,(H,29,32). The Balaban J connectivity index is 1.43. The van der Waals surface area contributed by atoms with E-state index in [4.69, 9.17) is 26.1 Å². The molecule has 1 aromatic heterocycles. The molecule has 7 heteroatoms. The summed E-state index contributed by atoms with van der Waals surface area (Å²) in [5, 5.41) is 3.59. The Bertz CT molecular complexity index is 1270. The number of halogens is 1. The average Bonchev–Trinajstić information content (AvgIpc) is 3.23. The molecule has 0 bridgehead atoms. The summed E-state index contributed by atoms with van der Waals surface area (Å²) in [6.07, 6.45) is 1.77. The van der Waals surface area contributed by atoms with Crippen molar-refractivity contribution >= 4 is 28.5 Å². The van der Waals surface area contributed by atoms with Crippen LogP contribution in [0.4, 0.5) is 0 Å². The second-order valence-corrected chi connectivity index (χ2v) is 8.46. The molecule has 34 heavy (non-hydrogen) atoms. The first-order chi connectivity index (χ1) is 16.6. The molecule has 0 saturated heterocycles. The normalized spacial score (nSPS) is 11.9. The number of carbonyl (C=O) groups is 1. The molecule has 4 rings (SSSR count). The quantitative estimate of drug-likeness (QED) is 0.282. The van der Waals surface area contributed by atoms with E-state index in [1.807, 2.05) is 49.4 Å². The molecule has 1 N–H and O–H groups in total. The van der Waals surface area contributed by atoms with Gasteiger partial charge in [0, 0.05) is 17.1 Å². The minimum atomic E-state index is -0.274. The number of nitrogens with zero attached hydrogens (tertiary/aromatic N) is 2. The highest BCUT2D eigenvalue weighted by atomic mass is 35.5. The lowest BCUT2D eigenvalue weighted by Gasteiger charge is -2.17. The number of fused-ring (bicyclic) bond motifs is 1. The fourth-order valence-electron chi connectivity index (χ4n) is 3.93. The van der Waals surface area contributed by atoms with Crippen molar-refractivity contribution in [3.63, 3.8) is 0 Å². The number of methoxy groups -OCH3 is 1. The Kier molecular flexibility index (Phi) is 7.70. The number of aromatic nitrogens is 2. The van der Waals surface area contributed by atoms with Gasteiger partial charge in [0.1, 0.15) is 5.82 Å². The maximum absolute atomic E-state index is 12.8. The molecule has 6 nitrogen and oxygen atoms in total. The summed E-state index contributed by atoms with van der Waals surface area (Å²) in [5.74, 6) is 2.12. The third kappa shape index (κ3) is 5.51. The predicted octanol–water partition coefficient (Wildman–Crippen LogP) is 6.05. The number of nitrogens with one attached hydrogen (secondary N) is 1. The van der Waals surface area contributed by atoms with Crippen LogP contribution in [-0.4, -0.2) is 29.2 Å². The highest BCUT2D eigenvalue weighted by Gasteiger charge is 2.19. The molecular formula is C27H28ClN3O3. The number of amides is 1. The minimum Gasteiger partial charge on any atom is -0.493 e. The van der Waals surface area contributed by atoms with Crippen molar-refractivity contribution < 1.29 is 14.3 Å². The molecule has 0 fully saturated rings. The highest BCUT2D eigenvalue weighted by molar-refractivity contribution is 6.30. The third-order valence-corrected chi connectivity index (χ3v) is 5.84. The largest absolute Gasteiger partial charge is 0.493 e. The fraction of sp³-hybridized carbons (Fsp3) is 0.259. The van der Waals surface area contributed by atoms with E-state index in [-0.39, 0.29) is 11.9 Å². The van der Waals surface area contributed by atoms with Gasteiger partial charge >= 0.3 is 0 Å². The van der Waals surface area contributed by atoms with E-state index in [0.717, 1.165) is 47.7 Å². The molecule has 4 aromatic rings. The van der Waals surface area contributed by atoms with E-state index in [2.05, 4.69) is 16.0 Å². The smallest absolute Gasteiger partial charge is 0.251 e. The number of hydrogen-bond donors (Lipinski definition) is 1.